The van der Waals surface area contributed by atoms with E-state index in [1.54, 1.807) is 0 Å². The molecule has 0 saturated carbocycles. The molecule has 1 N–H and O–H groups in total. The fourth-order valence-corrected chi connectivity index (χ4v) is 0.338. The van der Waals surface area contributed by atoms with Crippen LogP contribution < -0.4 is 5.32 Å². The van der Waals surface area contributed by atoms with Crippen molar-refractivity contribution in [2.45, 2.75) is 13.8 Å². The summed E-state index contributed by atoms with van der Waals surface area (Å²) in [7, 11) is 0. The molecule has 0 aliphatic carbocycles. The van der Waals surface area contributed by atoms with Gasteiger partial charge < -0.3 is 5.32 Å². The van der Waals surface area contributed by atoms with Crippen LogP contribution in [0, 0.1) is 0 Å². The van der Waals surface area contributed by atoms with Crippen molar-refractivity contribution in [3.63, 3.8) is 0 Å². The van der Waals surface area contributed by atoms with Crippen molar-refractivity contribution in [2.24, 2.45) is 0 Å². The summed E-state index contributed by atoms with van der Waals surface area (Å²) in [4.78, 5) is 10.4. The van der Waals surface area contributed by atoms with E-state index in [0.717, 1.165) is 6.54 Å². The highest BCUT2D eigenvalue weighted by Crippen LogP contribution is 1.82. The maximum absolute atomic E-state index is 10.4. The summed E-state index contributed by atoms with van der Waals surface area (Å²) in [5, 5.41) is 2.80. The van der Waals surface area contributed by atoms with Gasteiger partial charge >= 0.3 is 0 Å². The molecule has 46 valence electrons. The molecule has 0 fully saturated rings. The molecule has 0 aliphatic heterocycles. The van der Waals surface area contributed by atoms with Crippen molar-refractivity contribution in [2.75, 3.05) is 6.54 Å². The third kappa shape index (κ3) is 2.39. The minimum absolute atomic E-state index is 0.00634. The third-order valence-electron chi connectivity index (χ3n) is 0.815. The van der Waals surface area contributed by atoms with E-state index in [0.29, 0.717) is 5.70 Å². The zero-order valence-corrected chi connectivity index (χ0v) is 5.32. The first-order valence-electron chi connectivity index (χ1n) is 2.62. The Morgan fingerprint density at radius 3 is 2.38 bits per heavy atom. The molecule has 0 bridgehead atoms. The van der Waals surface area contributed by atoms with Crippen molar-refractivity contribution >= 4 is 5.78 Å². The smallest absolute Gasteiger partial charge is 0.174 e. The van der Waals surface area contributed by atoms with Crippen LogP contribution >= 0.6 is 0 Å². The van der Waals surface area contributed by atoms with Gasteiger partial charge in [0.15, 0.2) is 5.78 Å². The predicted molar refractivity (Wildman–Crippen MR) is 33.5 cm³/mol. The van der Waals surface area contributed by atoms with E-state index < -0.39 is 0 Å². The summed E-state index contributed by atoms with van der Waals surface area (Å²) in [6.07, 6.45) is 0. The Labute approximate surface area is 49.6 Å². The molecule has 0 aromatic carbocycles. The van der Waals surface area contributed by atoms with Crippen molar-refractivity contribution in [3.05, 3.63) is 12.3 Å². The van der Waals surface area contributed by atoms with Crippen molar-refractivity contribution < 1.29 is 4.79 Å². The lowest BCUT2D eigenvalue weighted by Gasteiger charge is -1.99. The summed E-state index contributed by atoms with van der Waals surface area (Å²) in [5.74, 6) is 0.00634. The number of Topliss-reactive ketones (excluding diaryl/α,β-unsaturated/α-hetero) is 1. The maximum Gasteiger partial charge on any atom is 0.174 e. The number of carbonyl (C=O) groups is 1. The van der Waals surface area contributed by atoms with Gasteiger partial charge in [0.25, 0.3) is 0 Å². The van der Waals surface area contributed by atoms with E-state index in [-0.39, 0.29) is 5.78 Å². The Bertz CT molecular complexity index is 107. The lowest BCUT2D eigenvalue weighted by atomic mass is 10.3. The van der Waals surface area contributed by atoms with E-state index in [1.165, 1.54) is 6.92 Å². The Hall–Kier alpha value is -0.790. The number of allylic oxidation sites excluding steroid dienone is 1. The average Bonchev–Trinajstić information content (AvgIpc) is 1.67. The van der Waals surface area contributed by atoms with E-state index in [4.69, 9.17) is 0 Å². The Morgan fingerprint density at radius 2 is 2.25 bits per heavy atom. The summed E-state index contributed by atoms with van der Waals surface area (Å²) < 4.78 is 0. The zero-order valence-electron chi connectivity index (χ0n) is 5.32. The Kier molecular flexibility index (Phi) is 2.92. The second kappa shape index (κ2) is 3.24. The Morgan fingerprint density at radius 1 is 1.75 bits per heavy atom. The maximum atomic E-state index is 10.4. The second-order valence-corrected chi connectivity index (χ2v) is 1.57. The topological polar surface area (TPSA) is 29.1 Å². The minimum atomic E-state index is 0.00634. The van der Waals surface area contributed by atoms with Gasteiger partial charge in [-0.2, -0.15) is 0 Å². The predicted octanol–water partition coefficient (Wildman–Crippen LogP) is 0.699. The quantitative estimate of drug-likeness (QED) is 0.546. The number of likely N-dealkylation sites (N-methyl/N-ethyl adjacent to an activating group) is 1. The molecule has 0 amide bonds. The summed E-state index contributed by atoms with van der Waals surface area (Å²) in [5.41, 5.74) is 0.493. The molecule has 8 heavy (non-hydrogen) atoms. The molecule has 0 aliphatic rings. The molecule has 2 nitrogen and oxygen atoms in total. The van der Waals surface area contributed by atoms with Crippen molar-refractivity contribution in [3.8, 4) is 0 Å². The second-order valence-electron chi connectivity index (χ2n) is 1.57. The summed E-state index contributed by atoms with van der Waals surface area (Å²) in [6.45, 7) is 7.66. The van der Waals surface area contributed by atoms with Crippen LogP contribution in [0.25, 0.3) is 0 Å². The first-order valence-corrected chi connectivity index (χ1v) is 2.62. The molecular formula is C6H11NO. The van der Waals surface area contributed by atoms with Gasteiger partial charge in [-0.15, -0.1) is 0 Å². The molecule has 0 aromatic heterocycles. The largest absolute Gasteiger partial charge is 0.383 e. The number of carbonyl (C=O) groups excluding carboxylic acids is 1. The summed E-state index contributed by atoms with van der Waals surface area (Å²) >= 11 is 0. The van der Waals surface area contributed by atoms with Crippen LogP contribution in [-0.4, -0.2) is 12.3 Å². The molecule has 0 heterocycles. The van der Waals surface area contributed by atoms with Gasteiger partial charge in [-0.25, -0.2) is 0 Å². The van der Waals surface area contributed by atoms with E-state index >= 15 is 0 Å². The van der Waals surface area contributed by atoms with Crippen LogP contribution in [0.4, 0.5) is 0 Å². The lowest BCUT2D eigenvalue weighted by molar-refractivity contribution is -0.113. The monoisotopic (exact) mass is 113 g/mol. The highest BCUT2D eigenvalue weighted by Gasteiger charge is 1.93. The zero-order chi connectivity index (χ0) is 6.57. The number of hydrogen-bond donors (Lipinski definition) is 1. The molecule has 2 heteroatoms. The van der Waals surface area contributed by atoms with Gasteiger partial charge in [-0.1, -0.05) is 6.58 Å². The van der Waals surface area contributed by atoms with Crippen LogP contribution in [0.15, 0.2) is 12.3 Å². The van der Waals surface area contributed by atoms with Crippen molar-refractivity contribution in [1.82, 2.24) is 5.32 Å². The molecule has 0 radical (unpaired) electrons. The van der Waals surface area contributed by atoms with Crippen molar-refractivity contribution in [1.29, 1.82) is 0 Å². The molecular weight excluding hydrogens is 102 g/mol. The number of rotatable bonds is 3. The van der Waals surface area contributed by atoms with Crippen LogP contribution in [0.3, 0.4) is 0 Å². The van der Waals surface area contributed by atoms with Crippen LogP contribution in [0.2, 0.25) is 0 Å². The van der Waals surface area contributed by atoms with Gasteiger partial charge in [0.2, 0.25) is 0 Å². The van der Waals surface area contributed by atoms with Gasteiger partial charge in [-0.3, -0.25) is 4.79 Å². The lowest BCUT2D eigenvalue weighted by Crippen LogP contribution is -2.16. The third-order valence-corrected chi connectivity index (χ3v) is 0.815. The molecule has 0 unspecified atom stereocenters. The molecule has 0 saturated heterocycles. The molecule has 0 aromatic rings. The Balaban J connectivity index is 3.49. The fraction of sp³-hybridized carbons (Fsp3) is 0.500. The normalized spacial score (nSPS) is 8.25. The minimum Gasteiger partial charge on any atom is -0.383 e. The highest BCUT2D eigenvalue weighted by molar-refractivity contribution is 5.91. The van der Waals surface area contributed by atoms with E-state index in [1.807, 2.05) is 6.92 Å². The van der Waals surface area contributed by atoms with Gasteiger partial charge in [0.05, 0.1) is 5.70 Å². The molecule has 0 rings (SSSR count). The number of ketones is 1. The SMILES string of the molecule is C=C(NCC)C(C)=O. The van der Waals surface area contributed by atoms with Crippen LogP contribution in [0.5, 0.6) is 0 Å². The molecule has 0 spiro atoms. The fourth-order valence-electron chi connectivity index (χ4n) is 0.338. The van der Waals surface area contributed by atoms with E-state index in [2.05, 4.69) is 11.9 Å². The van der Waals surface area contributed by atoms with Gasteiger partial charge in [0.1, 0.15) is 0 Å². The van der Waals surface area contributed by atoms with Crippen LogP contribution in [0.1, 0.15) is 13.8 Å². The van der Waals surface area contributed by atoms with E-state index in [9.17, 15) is 4.79 Å². The standard InChI is InChI=1S/C6H11NO/c1-4-7-5(2)6(3)8/h7H,2,4H2,1,3H3. The first-order chi connectivity index (χ1) is 3.68. The summed E-state index contributed by atoms with van der Waals surface area (Å²) in [6, 6.07) is 0. The average molecular weight is 113 g/mol. The first kappa shape index (κ1) is 7.21. The molecule has 0 atom stereocenters. The van der Waals surface area contributed by atoms with Crippen LogP contribution in [-0.2, 0) is 4.79 Å². The van der Waals surface area contributed by atoms with Gasteiger partial charge in [-0.05, 0) is 6.92 Å². The number of nitrogens with one attached hydrogen (secondary N) is 1. The van der Waals surface area contributed by atoms with Gasteiger partial charge in [0, 0.05) is 13.5 Å². The number of hydrogen-bond acceptors (Lipinski definition) is 2. The highest BCUT2D eigenvalue weighted by atomic mass is 16.1.